The number of likely N-dealkylation sites (tertiary alicyclic amines) is 1. The lowest BCUT2D eigenvalue weighted by atomic mass is 10.1. The van der Waals surface area contributed by atoms with Crippen LogP contribution in [0.3, 0.4) is 0 Å². The molecular weight excluding hydrogens is 265 g/mol. The van der Waals surface area contributed by atoms with E-state index >= 15 is 0 Å². The van der Waals surface area contributed by atoms with Gasteiger partial charge in [0.25, 0.3) is 0 Å². The van der Waals surface area contributed by atoms with Gasteiger partial charge in [-0.05, 0) is 44.0 Å². The highest BCUT2D eigenvalue weighted by molar-refractivity contribution is 5.38. The average Bonchev–Trinajstić information content (AvgIpc) is 2.68. The molecular formula is C18H24FNO. The molecule has 1 fully saturated rings. The molecule has 1 atom stereocenters. The van der Waals surface area contributed by atoms with Gasteiger partial charge in [0.05, 0.1) is 12.2 Å². The van der Waals surface area contributed by atoms with Crippen molar-refractivity contribution in [3.05, 3.63) is 35.1 Å². The highest BCUT2D eigenvalue weighted by atomic mass is 19.1. The molecule has 3 heteroatoms. The lowest BCUT2D eigenvalue weighted by Gasteiger charge is -2.27. The second-order valence-corrected chi connectivity index (χ2v) is 5.76. The molecule has 1 saturated heterocycles. The van der Waals surface area contributed by atoms with Crippen molar-refractivity contribution in [3.63, 3.8) is 0 Å². The molecule has 0 saturated carbocycles. The van der Waals surface area contributed by atoms with E-state index in [2.05, 4.69) is 23.7 Å². The molecule has 0 radical (unpaired) electrons. The van der Waals surface area contributed by atoms with Gasteiger partial charge >= 0.3 is 0 Å². The van der Waals surface area contributed by atoms with Crippen LogP contribution in [0.25, 0.3) is 0 Å². The number of hydrogen-bond donors (Lipinski definition) is 1. The summed E-state index contributed by atoms with van der Waals surface area (Å²) in [7, 11) is 0. The minimum atomic E-state index is -0.284. The predicted octanol–water partition coefficient (Wildman–Crippen LogP) is 3.32. The number of aliphatic hydroxyl groups is 1. The van der Waals surface area contributed by atoms with Crippen LogP contribution in [0.4, 0.5) is 4.39 Å². The quantitative estimate of drug-likeness (QED) is 0.863. The van der Waals surface area contributed by atoms with Crippen LogP contribution in [0.2, 0.25) is 0 Å². The van der Waals surface area contributed by atoms with Gasteiger partial charge in [-0.3, -0.25) is 4.90 Å². The fourth-order valence-corrected chi connectivity index (χ4v) is 2.78. The molecule has 0 aromatic heterocycles. The van der Waals surface area contributed by atoms with Crippen molar-refractivity contribution in [2.24, 2.45) is 0 Å². The fraction of sp³-hybridized carbons (Fsp3) is 0.556. The van der Waals surface area contributed by atoms with E-state index in [-0.39, 0.29) is 12.4 Å². The number of rotatable bonds is 3. The van der Waals surface area contributed by atoms with Crippen molar-refractivity contribution in [1.82, 2.24) is 4.90 Å². The Balaban J connectivity index is 2.09. The Kier molecular flexibility index (Phi) is 6.22. The lowest BCUT2D eigenvalue weighted by molar-refractivity contribution is 0.205. The van der Waals surface area contributed by atoms with Crippen LogP contribution in [0.5, 0.6) is 0 Å². The number of halogens is 1. The maximum Gasteiger partial charge on any atom is 0.138 e. The van der Waals surface area contributed by atoms with E-state index < -0.39 is 0 Å². The molecule has 1 aromatic carbocycles. The summed E-state index contributed by atoms with van der Waals surface area (Å²) >= 11 is 0. The lowest BCUT2D eigenvalue weighted by Crippen LogP contribution is -2.31. The summed E-state index contributed by atoms with van der Waals surface area (Å²) in [5, 5.41) is 8.74. The molecule has 1 aromatic rings. The molecule has 21 heavy (non-hydrogen) atoms. The smallest absolute Gasteiger partial charge is 0.138 e. The predicted molar refractivity (Wildman–Crippen MR) is 83.3 cm³/mol. The molecule has 1 N–H and O–H groups in total. The SMILES string of the molecule is CC1CCCCCN1Cc1ccc(F)c(C#CCCO)c1. The van der Waals surface area contributed by atoms with Crippen molar-refractivity contribution >= 4 is 0 Å². The van der Waals surface area contributed by atoms with Crippen LogP contribution < -0.4 is 0 Å². The number of benzene rings is 1. The highest BCUT2D eigenvalue weighted by Gasteiger charge is 2.17. The first-order valence-corrected chi connectivity index (χ1v) is 7.83. The summed E-state index contributed by atoms with van der Waals surface area (Å²) in [6, 6.07) is 5.78. The fourth-order valence-electron chi connectivity index (χ4n) is 2.78. The molecule has 0 amide bonds. The van der Waals surface area contributed by atoms with Gasteiger partial charge in [-0.15, -0.1) is 0 Å². The first-order valence-electron chi connectivity index (χ1n) is 7.83. The Bertz CT molecular complexity index is 518. The molecule has 1 unspecified atom stereocenters. The summed E-state index contributed by atoms with van der Waals surface area (Å²) in [5.74, 6) is 5.32. The third kappa shape index (κ3) is 4.84. The number of nitrogens with zero attached hydrogens (tertiary/aromatic N) is 1. The molecule has 1 aliphatic rings. The first-order chi connectivity index (χ1) is 10.2. The monoisotopic (exact) mass is 289 g/mol. The van der Waals surface area contributed by atoms with E-state index in [0.717, 1.165) is 18.7 Å². The second kappa shape index (κ2) is 8.17. The van der Waals surface area contributed by atoms with Crippen LogP contribution in [0.15, 0.2) is 18.2 Å². The van der Waals surface area contributed by atoms with Crippen molar-refractivity contribution in [2.75, 3.05) is 13.2 Å². The zero-order chi connectivity index (χ0) is 15.1. The minimum absolute atomic E-state index is 0.0135. The van der Waals surface area contributed by atoms with E-state index in [9.17, 15) is 4.39 Å². The van der Waals surface area contributed by atoms with E-state index in [4.69, 9.17) is 5.11 Å². The number of hydrogen-bond acceptors (Lipinski definition) is 2. The maximum atomic E-state index is 13.7. The van der Waals surface area contributed by atoms with E-state index in [1.807, 2.05) is 12.1 Å². The van der Waals surface area contributed by atoms with Crippen LogP contribution in [-0.2, 0) is 6.54 Å². The van der Waals surface area contributed by atoms with Gasteiger partial charge in [0, 0.05) is 19.0 Å². The van der Waals surface area contributed by atoms with Crippen molar-refractivity contribution < 1.29 is 9.50 Å². The maximum absolute atomic E-state index is 13.7. The normalized spacial score (nSPS) is 19.7. The molecule has 114 valence electrons. The van der Waals surface area contributed by atoms with Gasteiger partial charge in [-0.2, -0.15) is 0 Å². The third-order valence-electron chi connectivity index (χ3n) is 4.07. The Hall–Kier alpha value is -1.37. The summed E-state index contributed by atoms with van der Waals surface area (Å²) in [4.78, 5) is 2.48. The topological polar surface area (TPSA) is 23.5 Å². The summed E-state index contributed by atoms with van der Waals surface area (Å²) in [6.45, 7) is 4.26. The van der Waals surface area contributed by atoms with Gasteiger partial charge in [0.15, 0.2) is 0 Å². The zero-order valence-corrected chi connectivity index (χ0v) is 12.7. The van der Waals surface area contributed by atoms with Crippen LogP contribution >= 0.6 is 0 Å². The van der Waals surface area contributed by atoms with E-state index in [1.54, 1.807) is 0 Å². The largest absolute Gasteiger partial charge is 0.395 e. The van der Waals surface area contributed by atoms with Crippen LogP contribution in [0.1, 0.15) is 50.2 Å². The van der Waals surface area contributed by atoms with E-state index in [0.29, 0.717) is 18.0 Å². The summed E-state index contributed by atoms with van der Waals surface area (Å²) < 4.78 is 13.7. The molecule has 1 aliphatic heterocycles. The number of aliphatic hydroxyl groups excluding tert-OH is 1. The second-order valence-electron chi connectivity index (χ2n) is 5.76. The summed E-state index contributed by atoms with van der Waals surface area (Å²) in [6.07, 6.45) is 5.48. The molecule has 0 spiro atoms. The Morgan fingerprint density at radius 1 is 1.33 bits per heavy atom. The minimum Gasteiger partial charge on any atom is -0.395 e. The van der Waals surface area contributed by atoms with Crippen LogP contribution in [-0.4, -0.2) is 29.2 Å². The van der Waals surface area contributed by atoms with Gasteiger partial charge in [0.1, 0.15) is 5.82 Å². The van der Waals surface area contributed by atoms with Gasteiger partial charge in [-0.1, -0.05) is 30.7 Å². The molecule has 0 aliphatic carbocycles. The molecule has 0 bridgehead atoms. The van der Waals surface area contributed by atoms with Gasteiger partial charge in [-0.25, -0.2) is 4.39 Å². The van der Waals surface area contributed by atoms with Crippen molar-refractivity contribution in [2.45, 2.75) is 51.6 Å². The van der Waals surface area contributed by atoms with Crippen molar-refractivity contribution in [1.29, 1.82) is 0 Å². The zero-order valence-electron chi connectivity index (χ0n) is 12.7. The average molecular weight is 289 g/mol. The Morgan fingerprint density at radius 2 is 2.19 bits per heavy atom. The highest BCUT2D eigenvalue weighted by Crippen LogP contribution is 2.20. The van der Waals surface area contributed by atoms with Crippen LogP contribution in [0, 0.1) is 17.7 Å². The molecule has 2 rings (SSSR count). The Labute approximate surface area is 127 Å². The van der Waals surface area contributed by atoms with Crippen molar-refractivity contribution in [3.8, 4) is 11.8 Å². The van der Waals surface area contributed by atoms with Gasteiger partial charge < -0.3 is 5.11 Å². The standard InChI is InChI=1S/C18H24FNO/c1-15-7-3-2-5-11-20(15)14-16-9-10-18(19)17(13-16)8-4-6-12-21/h9-10,13,15,21H,2-3,5-7,11-12,14H2,1H3. The summed E-state index contributed by atoms with van der Waals surface area (Å²) in [5.41, 5.74) is 1.54. The molecule has 2 nitrogen and oxygen atoms in total. The first kappa shape index (κ1) is 16.0. The Morgan fingerprint density at radius 3 is 3.00 bits per heavy atom. The van der Waals surface area contributed by atoms with E-state index in [1.165, 1.54) is 31.7 Å². The van der Waals surface area contributed by atoms with Gasteiger partial charge in [0.2, 0.25) is 0 Å². The molecule has 1 heterocycles. The third-order valence-corrected chi connectivity index (χ3v) is 4.07.